The van der Waals surface area contributed by atoms with Crippen molar-refractivity contribution < 1.29 is 9.90 Å². The van der Waals surface area contributed by atoms with Crippen LogP contribution in [0.3, 0.4) is 0 Å². The molecule has 0 aliphatic heterocycles. The SMILES string of the molecule is O=C(O)c1cnccc1NC1CCC1. The number of carboxylic acids is 1. The number of anilines is 1. The van der Waals surface area contributed by atoms with Crippen LogP contribution in [0.1, 0.15) is 29.6 Å². The van der Waals surface area contributed by atoms with Gasteiger partial charge in [-0.15, -0.1) is 0 Å². The van der Waals surface area contributed by atoms with E-state index in [0.717, 1.165) is 12.8 Å². The lowest BCUT2D eigenvalue weighted by Gasteiger charge is -2.27. The molecular weight excluding hydrogens is 180 g/mol. The van der Waals surface area contributed by atoms with Crippen molar-refractivity contribution >= 4 is 11.7 Å². The van der Waals surface area contributed by atoms with Crippen LogP contribution in [0.5, 0.6) is 0 Å². The second-order valence-electron chi connectivity index (χ2n) is 3.50. The monoisotopic (exact) mass is 192 g/mol. The fourth-order valence-corrected chi connectivity index (χ4v) is 1.46. The van der Waals surface area contributed by atoms with Crippen LogP contribution in [-0.2, 0) is 0 Å². The first-order valence-electron chi connectivity index (χ1n) is 4.71. The first-order chi connectivity index (χ1) is 6.77. The molecule has 4 nitrogen and oxygen atoms in total. The Hall–Kier alpha value is -1.58. The number of hydrogen-bond donors (Lipinski definition) is 2. The van der Waals surface area contributed by atoms with Gasteiger partial charge >= 0.3 is 5.97 Å². The van der Waals surface area contributed by atoms with Crippen molar-refractivity contribution in [2.45, 2.75) is 25.3 Å². The van der Waals surface area contributed by atoms with E-state index < -0.39 is 5.97 Å². The van der Waals surface area contributed by atoms with Crippen LogP contribution in [0.15, 0.2) is 18.5 Å². The zero-order chi connectivity index (χ0) is 9.97. The molecule has 0 unspecified atom stereocenters. The second-order valence-corrected chi connectivity index (χ2v) is 3.50. The minimum Gasteiger partial charge on any atom is -0.478 e. The molecule has 0 aromatic carbocycles. The molecule has 1 aliphatic rings. The molecule has 0 spiro atoms. The van der Waals surface area contributed by atoms with Gasteiger partial charge in [0.05, 0.1) is 5.69 Å². The minimum absolute atomic E-state index is 0.249. The van der Waals surface area contributed by atoms with Crippen molar-refractivity contribution in [3.05, 3.63) is 24.0 Å². The molecule has 74 valence electrons. The van der Waals surface area contributed by atoms with Crippen LogP contribution in [0.4, 0.5) is 5.69 Å². The second kappa shape index (κ2) is 3.65. The summed E-state index contributed by atoms with van der Waals surface area (Å²) < 4.78 is 0. The Morgan fingerprint density at radius 2 is 2.36 bits per heavy atom. The first-order valence-corrected chi connectivity index (χ1v) is 4.71. The molecule has 0 amide bonds. The summed E-state index contributed by atoms with van der Waals surface area (Å²) in [6, 6.07) is 2.15. The molecular formula is C10H12N2O2. The molecule has 2 N–H and O–H groups in total. The predicted octanol–water partition coefficient (Wildman–Crippen LogP) is 1.74. The lowest BCUT2D eigenvalue weighted by Crippen LogP contribution is -2.27. The van der Waals surface area contributed by atoms with Gasteiger partial charge in [0.25, 0.3) is 0 Å². The van der Waals surface area contributed by atoms with Crippen LogP contribution in [0, 0.1) is 0 Å². The number of carboxylic acid groups (broad SMARTS) is 1. The van der Waals surface area contributed by atoms with Gasteiger partial charge in [0.2, 0.25) is 0 Å². The standard InChI is InChI=1S/C10H12N2O2/c13-10(14)8-6-11-5-4-9(8)12-7-2-1-3-7/h4-7H,1-3H2,(H,11,12)(H,13,14). The molecule has 2 rings (SSSR count). The van der Waals surface area contributed by atoms with Gasteiger partial charge in [-0.25, -0.2) is 4.79 Å². The van der Waals surface area contributed by atoms with E-state index in [9.17, 15) is 4.79 Å². The third-order valence-electron chi connectivity index (χ3n) is 2.52. The average molecular weight is 192 g/mol. The molecule has 0 atom stereocenters. The zero-order valence-electron chi connectivity index (χ0n) is 7.73. The van der Waals surface area contributed by atoms with Gasteiger partial charge in [0.1, 0.15) is 5.56 Å². The Balaban J connectivity index is 2.17. The molecule has 14 heavy (non-hydrogen) atoms. The predicted molar refractivity (Wildman–Crippen MR) is 52.5 cm³/mol. The van der Waals surface area contributed by atoms with Crippen LogP contribution >= 0.6 is 0 Å². The van der Waals surface area contributed by atoms with Crippen molar-refractivity contribution in [2.24, 2.45) is 0 Å². The van der Waals surface area contributed by atoms with Crippen LogP contribution < -0.4 is 5.32 Å². The number of hydrogen-bond acceptors (Lipinski definition) is 3. The smallest absolute Gasteiger partial charge is 0.339 e. The highest BCUT2D eigenvalue weighted by atomic mass is 16.4. The van der Waals surface area contributed by atoms with Crippen molar-refractivity contribution in [1.29, 1.82) is 0 Å². The summed E-state index contributed by atoms with van der Waals surface area (Å²) in [4.78, 5) is 14.6. The van der Waals surface area contributed by atoms with E-state index in [2.05, 4.69) is 10.3 Å². The van der Waals surface area contributed by atoms with Gasteiger partial charge in [-0.1, -0.05) is 0 Å². The van der Waals surface area contributed by atoms with Crippen molar-refractivity contribution in [3.8, 4) is 0 Å². The highest BCUT2D eigenvalue weighted by Gasteiger charge is 2.19. The Bertz CT molecular complexity index is 348. The van der Waals surface area contributed by atoms with E-state index in [1.165, 1.54) is 12.6 Å². The number of rotatable bonds is 3. The third kappa shape index (κ3) is 1.69. The van der Waals surface area contributed by atoms with E-state index in [1.54, 1.807) is 12.3 Å². The topological polar surface area (TPSA) is 62.2 Å². The summed E-state index contributed by atoms with van der Waals surface area (Å²) in [5, 5.41) is 12.1. The summed E-state index contributed by atoms with van der Waals surface area (Å²) in [5.74, 6) is -0.931. The molecule has 4 heteroatoms. The summed E-state index contributed by atoms with van der Waals surface area (Å²) in [7, 11) is 0. The number of nitrogens with one attached hydrogen (secondary N) is 1. The van der Waals surface area contributed by atoms with Gasteiger partial charge in [-0.2, -0.15) is 0 Å². The normalized spacial score (nSPS) is 16.0. The zero-order valence-corrected chi connectivity index (χ0v) is 7.73. The van der Waals surface area contributed by atoms with Gasteiger partial charge < -0.3 is 10.4 Å². The largest absolute Gasteiger partial charge is 0.478 e. The summed E-state index contributed by atoms with van der Waals surface area (Å²) in [6.45, 7) is 0. The lowest BCUT2D eigenvalue weighted by molar-refractivity contribution is 0.0697. The molecule has 1 fully saturated rings. The maximum Gasteiger partial charge on any atom is 0.339 e. The summed E-state index contributed by atoms with van der Waals surface area (Å²) in [6.07, 6.45) is 6.46. The molecule has 0 radical (unpaired) electrons. The highest BCUT2D eigenvalue weighted by molar-refractivity contribution is 5.93. The quantitative estimate of drug-likeness (QED) is 0.765. The Morgan fingerprint density at radius 1 is 1.57 bits per heavy atom. The van der Waals surface area contributed by atoms with E-state index >= 15 is 0 Å². The first kappa shape index (κ1) is 8.99. The van der Waals surface area contributed by atoms with Crippen LogP contribution in [0.2, 0.25) is 0 Å². The highest BCUT2D eigenvalue weighted by Crippen LogP contribution is 2.24. The number of aromatic nitrogens is 1. The summed E-state index contributed by atoms with van der Waals surface area (Å²) >= 11 is 0. The van der Waals surface area contributed by atoms with Crippen molar-refractivity contribution in [3.63, 3.8) is 0 Å². The Morgan fingerprint density at radius 3 is 2.93 bits per heavy atom. The number of pyridine rings is 1. The molecule has 1 aromatic rings. The van der Waals surface area contributed by atoms with Gasteiger partial charge in [-0.3, -0.25) is 4.98 Å². The molecule has 1 heterocycles. The Kier molecular flexibility index (Phi) is 2.35. The van der Waals surface area contributed by atoms with Gasteiger partial charge in [0, 0.05) is 18.4 Å². The Labute approximate surface area is 82.0 Å². The fourth-order valence-electron chi connectivity index (χ4n) is 1.46. The maximum absolute atomic E-state index is 10.8. The minimum atomic E-state index is -0.931. The number of nitrogens with zero attached hydrogens (tertiary/aromatic N) is 1. The van der Waals surface area contributed by atoms with E-state index in [-0.39, 0.29) is 5.56 Å². The van der Waals surface area contributed by atoms with E-state index in [0.29, 0.717) is 11.7 Å². The van der Waals surface area contributed by atoms with Crippen LogP contribution in [0.25, 0.3) is 0 Å². The number of aromatic carboxylic acids is 1. The average Bonchev–Trinajstić information content (AvgIpc) is 2.12. The lowest BCUT2D eigenvalue weighted by atomic mass is 9.93. The van der Waals surface area contributed by atoms with Crippen LogP contribution in [-0.4, -0.2) is 22.1 Å². The molecule has 1 saturated carbocycles. The van der Waals surface area contributed by atoms with Crippen molar-refractivity contribution in [2.75, 3.05) is 5.32 Å². The molecule has 1 aliphatic carbocycles. The molecule has 0 bridgehead atoms. The maximum atomic E-state index is 10.8. The molecule has 1 aromatic heterocycles. The number of carbonyl (C=O) groups is 1. The molecule has 0 saturated heterocycles. The summed E-state index contributed by atoms with van der Waals surface area (Å²) in [5.41, 5.74) is 0.927. The van der Waals surface area contributed by atoms with E-state index in [4.69, 9.17) is 5.11 Å². The van der Waals surface area contributed by atoms with Crippen molar-refractivity contribution in [1.82, 2.24) is 4.98 Å². The third-order valence-corrected chi connectivity index (χ3v) is 2.52. The fraction of sp³-hybridized carbons (Fsp3) is 0.400. The van der Waals surface area contributed by atoms with Gasteiger partial charge in [-0.05, 0) is 25.3 Å². The van der Waals surface area contributed by atoms with Gasteiger partial charge in [0.15, 0.2) is 0 Å². The van der Waals surface area contributed by atoms with E-state index in [1.807, 2.05) is 0 Å².